The van der Waals surface area contributed by atoms with Crippen molar-refractivity contribution < 1.29 is 16.8 Å². The Labute approximate surface area is 156 Å². The number of nitrogens with one attached hydrogen (secondary N) is 1. The summed E-state index contributed by atoms with van der Waals surface area (Å²) in [7, 11) is -5.74. The predicted octanol–water partition coefficient (Wildman–Crippen LogP) is 2.04. The van der Waals surface area contributed by atoms with E-state index in [4.69, 9.17) is 0 Å². The highest BCUT2D eigenvalue weighted by Gasteiger charge is 2.21. The fourth-order valence-corrected chi connectivity index (χ4v) is 4.74. The number of likely N-dealkylation sites (N-methyl/N-ethyl adjacent to an activating group) is 1. The molecule has 6 nitrogen and oxygen atoms in total. The fourth-order valence-electron chi connectivity index (χ4n) is 2.44. The van der Waals surface area contributed by atoms with Crippen LogP contribution in [0.25, 0.3) is 0 Å². The van der Waals surface area contributed by atoms with Gasteiger partial charge in [-0.25, -0.2) is 21.6 Å². The van der Waals surface area contributed by atoms with Gasteiger partial charge in [-0.05, 0) is 31.5 Å². The van der Waals surface area contributed by atoms with Gasteiger partial charge in [0.15, 0.2) is 0 Å². The molecule has 0 radical (unpaired) electrons. The van der Waals surface area contributed by atoms with Crippen molar-refractivity contribution in [3.05, 3.63) is 65.2 Å². The summed E-state index contributed by atoms with van der Waals surface area (Å²) in [5.41, 5.74) is 2.65. The van der Waals surface area contributed by atoms with Crippen LogP contribution in [0.2, 0.25) is 0 Å². The molecule has 142 valence electrons. The Morgan fingerprint density at radius 1 is 0.923 bits per heavy atom. The molecule has 0 atom stereocenters. The lowest BCUT2D eigenvalue weighted by atomic mass is 10.2. The zero-order valence-corrected chi connectivity index (χ0v) is 16.8. The van der Waals surface area contributed by atoms with Gasteiger partial charge in [0.1, 0.15) is 0 Å². The molecule has 8 heteroatoms. The third-order valence-electron chi connectivity index (χ3n) is 3.92. The van der Waals surface area contributed by atoms with Crippen molar-refractivity contribution in [1.82, 2.24) is 9.03 Å². The summed E-state index contributed by atoms with van der Waals surface area (Å²) >= 11 is 0. The molecule has 0 heterocycles. The van der Waals surface area contributed by atoms with Crippen LogP contribution in [0.5, 0.6) is 0 Å². The van der Waals surface area contributed by atoms with Gasteiger partial charge in [0.05, 0.1) is 10.6 Å². The van der Waals surface area contributed by atoms with E-state index < -0.39 is 20.0 Å². The monoisotopic (exact) mass is 396 g/mol. The number of benzene rings is 2. The molecule has 0 bridgehead atoms. The average molecular weight is 397 g/mol. The van der Waals surface area contributed by atoms with Crippen molar-refractivity contribution in [3.8, 4) is 0 Å². The molecule has 1 N–H and O–H groups in total. The Bertz CT molecular complexity index is 953. The first kappa shape index (κ1) is 20.6. The van der Waals surface area contributed by atoms with Crippen molar-refractivity contribution in [2.24, 2.45) is 0 Å². The van der Waals surface area contributed by atoms with Crippen LogP contribution in [-0.2, 0) is 25.8 Å². The van der Waals surface area contributed by atoms with E-state index in [1.54, 1.807) is 30.3 Å². The molecular weight excluding hydrogens is 372 g/mol. The molecule has 0 aromatic heterocycles. The molecule has 2 rings (SSSR count). The van der Waals surface area contributed by atoms with E-state index in [-0.39, 0.29) is 23.7 Å². The molecule has 0 amide bonds. The highest BCUT2D eigenvalue weighted by Crippen LogP contribution is 2.14. The Balaban J connectivity index is 1.94. The molecule has 0 aliphatic rings. The first-order valence-corrected chi connectivity index (χ1v) is 11.3. The van der Waals surface area contributed by atoms with Crippen molar-refractivity contribution in [2.45, 2.75) is 24.5 Å². The van der Waals surface area contributed by atoms with Crippen LogP contribution in [0.15, 0.2) is 53.4 Å². The first-order valence-electron chi connectivity index (χ1n) is 8.16. The van der Waals surface area contributed by atoms with Gasteiger partial charge in [-0.3, -0.25) is 0 Å². The summed E-state index contributed by atoms with van der Waals surface area (Å²) in [5.74, 6) is -0.136. The molecular formula is C18H24N2O4S2. The van der Waals surface area contributed by atoms with Crippen LogP contribution in [0.1, 0.15) is 16.7 Å². The predicted molar refractivity (Wildman–Crippen MR) is 103 cm³/mol. The minimum atomic E-state index is -3.64. The minimum absolute atomic E-state index is 0.00966. The Kier molecular flexibility index (Phi) is 6.57. The number of nitrogens with zero attached hydrogens (tertiary/aromatic N) is 1. The standard InChI is InChI=1S/C18H24N2O4S2/c1-15-7-9-18(10-8-15)26(23,24)20(3)12-11-19-25(21,22)14-17-6-4-5-16(2)13-17/h4-10,13,19H,11-12,14H2,1-3H3. The second kappa shape index (κ2) is 8.30. The van der Waals surface area contributed by atoms with E-state index in [0.717, 1.165) is 15.4 Å². The summed E-state index contributed by atoms with van der Waals surface area (Å²) in [4.78, 5) is 0.188. The maximum Gasteiger partial charge on any atom is 0.242 e. The summed E-state index contributed by atoms with van der Waals surface area (Å²) in [5, 5.41) is 0. The van der Waals surface area contributed by atoms with Crippen LogP contribution in [0.3, 0.4) is 0 Å². The van der Waals surface area contributed by atoms with E-state index in [9.17, 15) is 16.8 Å². The summed E-state index contributed by atoms with van der Waals surface area (Å²) < 4.78 is 52.9. The molecule has 0 unspecified atom stereocenters. The number of hydrogen-bond acceptors (Lipinski definition) is 4. The average Bonchev–Trinajstić information content (AvgIpc) is 2.54. The van der Waals surface area contributed by atoms with Crippen LogP contribution in [0.4, 0.5) is 0 Å². The Morgan fingerprint density at radius 3 is 2.19 bits per heavy atom. The lowest BCUT2D eigenvalue weighted by Gasteiger charge is -2.17. The maximum absolute atomic E-state index is 12.5. The molecule has 2 aromatic carbocycles. The van der Waals surface area contributed by atoms with E-state index in [2.05, 4.69) is 4.72 Å². The molecule has 0 fully saturated rings. The van der Waals surface area contributed by atoms with Crippen molar-refractivity contribution >= 4 is 20.0 Å². The topological polar surface area (TPSA) is 83.6 Å². The highest BCUT2D eigenvalue weighted by molar-refractivity contribution is 7.89. The third kappa shape index (κ3) is 5.63. The zero-order chi connectivity index (χ0) is 19.4. The second-order valence-electron chi connectivity index (χ2n) is 6.28. The number of hydrogen-bond donors (Lipinski definition) is 1. The molecule has 2 aromatic rings. The zero-order valence-electron chi connectivity index (χ0n) is 15.1. The summed E-state index contributed by atoms with van der Waals surface area (Å²) in [6.07, 6.45) is 0. The lowest BCUT2D eigenvalue weighted by Crippen LogP contribution is -2.36. The normalized spacial score (nSPS) is 12.5. The molecule has 0 saturated heterocycles. The first-order chi connectivity index (χ1) is 12.1. The summed E-state index contributed by atoms with van der Waals surface area (Å²) in [6, 6.07) is 13.8. The molecule has 0 spiro atoms. The van der Waals surface area contributed by atoms with Gasteiger partial charge in [-0.15, -0.1) is 0 Å². The largest absolute Gasteiger partial charge is 0.242 e. The van der Waals surface area contributed by atoms with Crippen LogP contribution >= 0.6 is 0 Å². The van der Waals surface area contributed by atoms with Crippen molar-refractivity contribution in [2.75, 3.05) is 20.1 Å². The van der Waals surface area contributed by atoms with Gasteiger partial charge in [0, 0.05) is 20.1 Å². The van der Waals surface area contributed by atoms with E-state index >= 15 is 0 Å². The Hall–Kier alpha value is -1.74. The molecule has 26 heavy (non-hydrogen) atoms. The number of sulfonamides is 2. The van der Waals surface area contributed by atoms with Crippen molar-refractivity contribution in [1.29, 1.82) is 0 Å². The van der Waals surface area contributed by atoms with Gasteiger partial charge < -0.3 is 0 Å². The quantitative estimate of drug-likeness (QED) is 0.740. The Morgan fingerprint density at radius 2 is 1.58 bits per heavy atom. The maximum atomic E-state index is 12.5. The van der Waals surface area contributed by atoms with Gasteiger partial charge in [0.2, 0.25) is 20.0 Å². The number of aryl methyl sites for hydroxylation is 2. The van der Waals surface area contributed by atoms with Gasteiger partial charge in [-0.1, -0.05) is 47.5 Å². The van der Waals surface area contributed by atoms with Gasteiger partial charge in [-0.2, -0.15) is 4.31 Å². The van der Waals surface area contributed by atoms with Crippen LogP contribution in [0, 0.1) is 13.8 Å². The molecule has 0 aliphatic heterocycles. The highest BCUT2D eigenvalue weighted by atomic mass is 32.2. The third-order valence-corrected chi connectivity index (χ3v) is 7.15. The van der Waals surface area contributed by atoms with E-state index in [1.807, 2.05) is 32.0 Å². The van der Waals surface area contributed by atoms with E-state index in [0.29, 0.717) is 5.56 Å². The molecule has 0 aliphatic carbocycles. The SMILES string of the molecule is Cc1ccc(S(=O)(=O)N(C)CCNS(=O)(=O)Cc2cccc(C)c2)cc1. The lowest BCUT2D eigenvalue weighted by molar-refractivity contribution is 0.469. The molecule has 0 saturated carbocycles. The van der Waals surface area contributed by atoms with E-state index in [1.165, 1.54) is 7.05 Å². The second-order valence-corrected chi connectivity index (χ2v) is 10.1. The van der Waals surface area contributed by atoms with Crippen molar-refractivity contribution in [3.63, 3.8) is 0 Å². The van der Waals surface area contributed by atoms with Gasteiger partial charge >= 0.3 is 0 Å². The smallest absolute Gasteiger partial charge is 0.214 e. The summed E-state index contributed by atoms with van der Waals surface area (Å²) in [6.45, 7) is 3.83. The van der Waals surface area contributed by atoms with Crippen LogP contribution in [-0.4, -0.2) is 41.3 Å². The fraction of sp³-hybridized carbons (Fsp3) is 0.333. The number of rotatable bonds is 8. The van der Waals surface area contributed by atoms with Gasteiger partial charge in [0.25, 0.3) is 0 Å². The minimum Gasteiger partial charge on any atom is -0.214 e. The van der Waals surface area contributed by atoms with Crippen LogP contribution < -0.4 is 4.72 Å².